The summed E-state index contributed by atoms with van der Waals surface area (Å²) in [5.41, 5.74) is 5.10. The molecule has 0 atom stereocenters. The summed E-state index contributed by atoms with van der Waals surface area (Å²) in [7, 11) is 0. The van der Waals surface area contributed by atoms with Crippen LogP contribution in [0.5, 0.6) is 0 Å². The van der Waals surface area contributed by atoms with E-state index in [-0.39, 0.29) is 6.84 Å². The second-order valence-corrected chi connectivity index (χ2v) is 4.67. The smallest absolute Gasteiger partial charge is 0.260 e. The molecule has 0 aromatic carbocycles. The highest BCUT2D eigenvalue weighted by Gasteiger charge is 2.19. The van der Waals surface area contributed by atoms with Gasteiger partial charge in [0.05, 0.1) is 11.2 Å². The average Bonchev–Trinajstić information content (AvgIpc) is 2.30. The Morgan fingerprint density at radius 2 is 2.25 bits per heavy atom. The van der Waals surface area contributed by atoms with E-state index in [4.69, 9.17) is 5.73 Å². The number of primary amides is 1. The molecule has 0 radical (unpaired) electrons. The summed E-state index contributed by atoms with van der Waals surface area (Å²) < 4.78 is 0. The van der Waals surface area contributed by atoms with E-state index in [2.05, 4.69) is 25.8 Å². The van der Waals surface area contributed by atoms with Crippen molar-refractivity contribution < 1.29 is 6.22 Å². The second kappa shape index (κ2) is 2.86. The summed E-state index contributed by atoms with van der Waals surface area (Å²) in [6.45, 7) is 6.16. The zero-order valence-electron chi connectivity index (χ0n) is 7.42. The van der Waals surface area contributed by atoms with Crippen LogP contribution >= 0.6 is 11.3 Å². The number of nitrogens with two attached hydrogens (primary N) is 1. The first-order valence-corrected chi connectivity index (χ1v) is 4.49. The van der Waals surface area contributed by atoms with Crippen molar-refractivity contribution in [3.05, 3.63) is 16.1 Å². The van der Waals surface area contributed by atoms with Crippen molar-refractivity contribution in [3.63, 3.8) is 0 Å². The van der Waals surface area contributed by atoms with E-state index in [0.29, 0.717) is 4.88 Å². The SMILES string of the molecule is CC(C)(C)c1ncc(C(N)=O)s1.[HH]. The third-order valence-electron chi connectivity index (χ3n) is 1.39. The average molecular weight is 186 g/mol. The maximum Gasteiger partial charge on any atom is 0.260 e. The van der Waals surface area contributed by atoms with E-state index in [1.807, 2.05) is 0 Å². The number of carbonyl (C=O) groups is 1. The molecule has 12 heavy (non-hydrogen) atoms. The Kier molecular flexibility index (Phi) is 2.19. The summed E-state index contributed by atoms with van der Waals surface area (Å²) in [5, 5.41) is 0.941. The first-order chi connectivity index (χ1) is 5.41. The van der Waals surface area contributed by atoms with Crippen LogP contribution in [-0.2, 0) is 5.41 Å². The van der Waals surface area contributed by atoms with E-state index < -0.39 is 5.91 Å². The molecule has 1 amide bonds. The number of aromatic nitrogens is 1. The number of amides is 1. The van der Waals surface area contributed by atoms with Gasteiger partial charge in [-0.1, -0.05) is 20.8 Å². The van der Waals surface area contributed by atoms with E-state index in [1.165, 1.54) is 17.5 Å². The fourth-order valence-electron chi connectivity index (χ4n) is 0.735. The van der Waals surface area contributed by atoms with E-state index >= 15 is 0 Å². The molecule has 0 spiro atoms. The predicted molar refractivity (Wildman–Crippen MR) is 51.4 cm³/mol. The standard InChI is InChI=1S/C8H12N2OS.H2/c1-8(2,3)7-10-4-5(12-7)6(9)11;/h4H,1-3H3,(H2,9,11);1H. The van der Waals surface area contributed by atoms with Gasteiger partial charge in [0.15, 0.2) is 0 Å². The maximum atomic E-state index is 10.7. The number of hydrogen-bond donors (Lipinski definition) is 1. The summed E-state index contributed by atoms with van der Waals surface area (Å²) in [6.07, 6.45) is 1.54. The predicted octanol–water partition coefficient (Wildman–Crippen LogP) is 1.79. The molecule has 68 valence electrons. The summed E-state index contributed by atoms with van der Waals surface area (Å²) in [5.74, 6) is -0.400. The Balaban J connectivity index is 0.00000144. The quantitative estimate of drug-likeness (QED) is 0.727. The number of hydrogen-bond acceptors (Lipinski definition) is 3. The van der Waals surface area contributed by atoms with Gasteiger partial charge >= 0.3 is 0 Å². The molecule has 0 saturated carbocycles. The van der Waals surface area contributed by atoms with Crippen LogP contribution in [0.25, 0.3) is 0 Å². The lowest BCUT2D eigenvalue weighted by Crippen LogP contribution is -2.10. The molecule has 1 rings (SSSR count). The zero-order chi connectivity index (χ0) is 9.35. The van der Waals surface area contributed by atoms with Crippen LogP contribution in [0.2, 0.25) is 0 Å². The zero-order valence-corrected chi connectivity index (χ0v) is 8.23. The van der Waals surface area contributed by atoms with Gasteiger partial charge in [-0.2, -0.15) is 0 Å². The molecule has 2 N–H and O–H groups in total. The Bertz CT molecular complexity index is 303. The molecule has 1 aromatic heterocycles. The van der Waals surface area contributed by atoms with Crippen LogP contribution in [0.3, 0.4) is 0 Å². The van der Waals surface area contributed by atoms with Crippen LogP contribution in [0.4, 0.5) is 0 Å². The van der Waals surface area contributed by atoms with Crippen molar-refractivity contribution in [2.75, 3.05) is 0 Å². The molecule has 0 aliphatic rings. The van der Waals surface area contributed by atoms with Gasteiger partial charge in [0.25, 0.3) is 5.91 Å². The fourth-order valence-corrected chi connectivity index (χ4v) is 1.56. The first kappa shape index (κ1) is 9.19. The molecule has 1 heterocycles. The topological polar surface area (TPSA) is 56.0 Å². The summed E-state index contributed by atoms with van der Waals surface area (Å²) in [6, 6.07) is 0. The third kappa shape index (κ3) is 1.82. The van der Waals surface area contributed by atoms with E-state index in [0.717, 1.165) is 5.01 Å². The minimum absolute atomic E-state index is 0. The Labute approximate surface area is 77.1 Å². The van der Waals surface area contributed by atoms with E-state index in [1.54, 1.807) is 0 Å². The monoisotopic (exact) mass is 186 g/mol. The minimum Gasteiger partial charge on any atom is -0.365 e. The molecule has 3 nitrogen and oxygen atoms in total. The van der Waals surface area contributed by atoms with Crippen molar-refractivity contribution in [3.8, 4) is 0 Å². The molecular formula is C8H14N2OS. The number of nitrogens with zero attached hydrogens (tertiary/aromatic N) is 1. The van der Waals surface area contributed by atoms with Crippen LogP contribution in [-0.4, -0.2) is 10.9 Å². The van der Waals surface area contributed by atoms with Gasteiger partial charge in [-0.05, 0) is 0 Å². The number of rotatable bonds is 1. The molecule has 0 fully saturated rings. The highest BCUT2D eigenvalue weighted by molar-refractivity contribution is 7.13. The molecule has 0 aliphatic heterocycles. The lowest BCUT2D eigenvalue weighted by molar-refractivity contribution is 0.100. The first-order valence-electron chi connectivity index (χ1n) is 3.67. The molecule has 4 heteroatoms. The van der Waals surface area contributed by atoms with Gasteiger partial charge < -0.3 is 5.73 Å². The molecule has 0 unspecified atom stereocenters. The van der Waals surface area contributed by atoms with Crippen molar-refractivity contribution in [1.82, 2.24) is 4.98 Å². The number of thiazole rings is 1. The molecule has 0 bridgehead atoms. The Morgan fingerprint density at radius 1 is 1.67 bits per heavy atom. The van der Waals surface area contributed by atoms with Crippen molar-refractivity contribution in [1.29, 1.82) is 0 Å². The lowest BCUT2D eigenvalue weighted by atomic mass is 9.98. The number of carbonyl (C=O) groups excluding carboxylic acids is 1. The second-order valence-electron chi connectivity index (χ2n) is 3.64. The van der Waals surface area contributed by atoms with Gasteiger partial charge in [-0.3, -0.25) is 4.79 Å². The molecule has 0 saturated heterocycles. The normalized spacial score (nSPS) is 11.6. The third-order valence-corrected chi connectivity index (χ3v) is 2.83. The van der Waals surface area contributed by atoms with Crippen LogP contribution in [0, 0.1) is 0 Å². The highest BCUT2D eigenvalue weighted by atomic mass is 32.1. The lowest BCUT2D eigenvalue weighted by Gasteiger charge is -2.13. The Morgan fingerprint density at radius 3 is 2.50 bits per heavy atom. The maximum absolute atomic E-state index is 10.7. The molecule has 0 aliphatic carbocycles. The molecule has 1 aromatic rings. The van der Waals surface area contributed by atoms with Gasteiger partial charge in [-0.25, -0.2) is 4.98 Å². The fraction of sp³-hybridized carbons (Fsp3) is 0.500. The molecular weight excluding hydrogens is 172 g/mol. The highest BCUT2D eigenvalue weighted by Crippen LogP contribution is 2.26. The minimum atomic E-state index is -0.400. The van der Waals surface area contributed by atoms with Gasteiger partial charge in [0.2, 0.25) is 0 Å². The van der Waals surface area contributed by atoms with Crippen LogP contribution < -0.4 is 5.73 Å². The van der Waals surface area contributed by atoms with Crippen molar-refractivity contribution in [2.45, 2.75) is 26.2 Å². The van der Waals surface area contributed by atoms with Gasteiger partial charge in [0.1, 0.15) is 4.88 Å². The van der Waals surface area contributed by atoms with Crippen LogP contribution in [0.15, 0.2) is 6.20 Å². The Hall–Kier alpha value is -0.900. The van der Waals surface area contributed by atoms with Crippen LogP contribution in [0.1, 0.15) is 36.9 Å². The van der Waals surface area contributed by atoms with E-state index in [9.17, 15) is 4.79 Å². The van der Waals surface area contributed by atoms with Crippen molar-refractivity contribution in [2.24, 2.45) is 5.73 Å². The largest absolute Gasteiger partial charge is 0.365 e. The van der Waals surface area contributed by atoms with Crippen molar-refractivity contribution >= 4 is 17.2 Å². The summed E-state index contributed by atoms with van der Waals surface area (Å²) >= 11 is 1.36. The van der Waals surface area contributed by atoms with Gasteiger partial charge in [0, 0.05) is 6.84 Å². The summed E-state index contributed by atoms with van der Waals surface area (Å²) in [4.78, 5) is 15.4. The van der Waals surface area contributed by atoms with Gasteiger partial charge in [-0.15, -0.1) is 11.3 Å².